The quantitative estimate of drug-likeness (QED) is 0.893. The van der Waals surface area contributed by atoms with Crippen LogP contribution in [0.5, 0.6) is 0 Å². The van der Waals surface area contributed by atoms with Crippen molar-refractivity contribution in [3.63, 3.8) is 0 Å². The fraction of sp³-hybridized carbons (Fsp3) is 0.400. The number of aromatic nitrogens is 3. The summed E-state index contributed by atoms with van der Waals surface area (Å²) in [4.78, 5) is 4.38. The molecule has 1 heterocycles. The van der Waals surface area contributed by atoms with Crippen molar-refractivity contribution in [2.75, 3.05) is 5.32 Å². The fourth-order valence-electron chi connectivity index (χ4n) is 1.84. The van der Waals surface area contributed by atoms with Crippen molar-refractivity contribution < 1.29 is 0 Å². The second-order valence-corrected chi connectivity index (χ2v) is 4.88. The molecule has 0 aliphatic heterocycles. The molecule has 1 unspecified atom stereocenters. The Morgan fingerprint density at radius 2 is 1.79 bits per heavy atom. The molecule has 0 aliphatic carbocycles. The Hall–Kier alpha value is -1.97. The largest absolute Gasteiger partial charge is 0.350 e. The molecule has 1 atom stereocenters. The molecule has 0 amide bonds. The first-order valence-electron chi connectivity index (χ1n) is 6.63. The van der Waals surface area contributed by atoms with Gasteiger partial charge in [-0.2, -0.15) is 5.10 Å². The molecule has 1 aromatic carbocycles. The average molecular weight is 256 g/mol. The number of hydrogen-bond acceptors (Lipinski definition) is 4. The lowest BCUT2D eigenvalue weighted by molar-refractivity contribution is 0.693. The molecule has 0 bridgehead atoms. The highest BCUT2D eigenvalue weighted by Gasteiger charge is 2.06. The monoisotopic (exact) mass is 256 g/mol. The maximum Gasteiger partial charge on any atom is 0.243 e. The summed E-state index contributed by atoms with van der Waals surface area (Å²) in [7, 11) is 0. The van der Waals surface area contributed by atoms with Gasteiger partial charge in [-0.3, -0.25) is 0 Å². The molecule has 2 rings (SSSR count). The normalized spacial score (nSPS) is 12.2. The van der Waals surface area contributed by atoms with Crippen LogP contribution in [0.4, 0.5) is 5.95 Å². The highest BCUT2D eigenvalue weighted by Crippen LogP contribution is 2.09. The lowest BCUT2D eigenvalue weighted by Gasteiger charge is -2.13. The van der Waals surface area contributed by atoms with Gasteiger partial charge >= 0.3 is 0 Å². The van der Waals surface area contributed by atoms with E-state index in [0.29, 0.717) is 12.0 Å². The Labute approximate surface area is 114 Å². The maximum atomic E-state index is 4.38. The molecule has 100 valence electrons. The summed E-state index contributed by atoms with van der Waals surface area (Å²) in [5.41, 5.74) is 3.16. The molecule has 4 nitrogen and oxygen atoms in total. The van der Waals surface area contributed by atoms with E-state index in [9.17, 15) is 0 Å². The van der Waals surface area contributed by atoms with E-state index in [1.165, 1.54) is 5.56 Å². The minimum absolute atomic E-state index is 0.323. The molecular formula is C15H20N4. The third kappa shape index (κ3) is 4.02. The van der Waals surface area contributed by atoms with Crippen LogP contribution in [0.2, 0.25) is 0 Å². The van der Waals surface area contributed by atoms with Crippen LogP contribution in [0.1, 0.15) is 30.3 Å². The van der Waals surface area contributed by atoms with Crippen LogP contribution in [0.3, 0.4) is 0 Å². The van der Waals surface area contributed by atoms with Gasteiger partial charge in [0.25, 0.3) is 0 Å². The lowest BCUT2D eigenvalue weighted by atomic mass is 10.1. The molecule has 1 aromatic heterocycles. The van der Waals surface area contributed by atoms with Gasteiger partial charge in [0.1, 0.15) is 0 Å². The Balaban J connectivity index is 1.87. The molecule has 0 saturated heterocycles. The zero-order valence-electron chi connectivity index (χ0n) is 11.7. The molecule has 0 saturated carbocycles. The number of hydrogen-bond donors (Lipinski definition) is 1. The minimum atomic E-state index is 0.323. The Morgan fingerprint density at radius 3 is 2.47 bits per heavy atom. The van der Waals surface area contributed by atoms with E-state index >= 15 is 0 Å². The van der Waals surface area contributed by atoms with Crippen molar-refractivity contribution in [1.82, 2.24) is 15.2 Å². The molecule has 0 aliphatic rings. The van der Waals surface area contributed by atoms with Gasteiger partial charge in [-0.1, -0.05) is 30.3 Å². The lowest BCUT2D eigenvalue weighted by Crippen LogP contribution is -2.18. The molecular weight excluding hydrogens is 236 g/mol. The van der Waals surface area contributed by atoms with Crippen molar-refractivity contribution >= 4 is 5.95 Å². The minimum Gasteiger partial charge on any atom is -0.350 e. The zero-order chi connectivity index (χ0) is 13.7. The molecule has 4 heteroatoms. The van der Waals surface area contributed by atoms with Gasteiger partial charge in [0.15, 0.2) is 0 Å². The Morgan fingerprint density at radius 1 is 1.05 bits per heavy atom. The number of nitrogens with zero attached hydrogens (tertiary/aromatic N) is 3. The van der Waals surface area contributed by atoms with E-state index < -0.39 is 0 Å². The van der Waals surface area contributed by atoms with Gasteiger partial charge in [0.05, 0.1) is 11.4 Å². The summed E-state index contributed by atoms with van der Waals surface area (Å²) >= 11 is 0. The summed E-state index contributed by atoms with van der Waals surface area (Å²) in [6, 6.07) is 10.8. The number of aryl methyl sites for hydroxylation is 3. The van der Waals surface area contributed by atoms with E-state index in [2.05, 4.69) is 51.7 Å². The van der Waals surface area contributed by atoms with Crippen LogP contribution >= 0.6 is 0 Å². The van der Waals surface area contributed by atoms with Crippen LogP contribution in [0, 0.1) is 13.8 Å². The number of anilines is 1. The summed E-state index contributed by atoms with van der Waals surface area (Å²) < 4.78 is 0. The van der Waals surface area contributed by atoms with E-state index in [1.54, 1.807) is 0 Å². The Kier molecular flexibility index (Phi) is 4.44. The van der Waals surface area contributed by atoms with Gasteiger partial charge in [0.2, 0.25) is 5.95 Å². The van der Waals surface area contributed by atoms with Crippen molar-refractivity contribution in [2.45, 2.75) is 39.7 Å². The summed E-state index contributed by atoms with van der Waals surface area (Å²) in [6.45, 7) is 6.00. The zero-order valence-corrected chi connectivity index (χ0v) is 11.7. The summed E-state index contributed by atoms with van der Waals surface area (Å²) in [5.74, 6) is 0.615. The smallest absolute Gasteiger partial charge is 0.243 e. The molecule has 0 spiro atoms. The third-order valence-electron chi connectivity index (χ3n) is 3.18. The summed E-state index contributed by atoms with van der Waals surface area (Å²) in [5, 5.41) is 11.4. The highest BCUT2D eigenvalue weighted by atomic mass is 15.2. The fourth-order valence-corrected chi connectivity index (χ4v) is 1.84. The highest BCUT2D eigenvalue weighted by molar-refractivity contribution is 5.26. The average Bonchev–Trinajstić information content (AvgIpc) is 2.42. The topological polar surface area (TPSA) is 50.7 Å². The van der Waals surface area contributed by atoms with Gasteiger partial charge in [0, 0.05) is 6.04 Å². The second kappa shape index (κ2) is 6.27. The summed E-state index contributed by atoms with van der Waals surface area (Å²) in [6.07, 6.45) is 2.09. The Bertz CT molecular complexity index is 525. The van der Waals surface area contributed by atoms with Crippen LogP contribution in [0.15, 0.2) is 30.3 Å². The van der Waals surface area contributed by atoms with E-state index in [4.69, 9.17) is 0 Å². The van der Waals surface area contributed by atoms with Gasteiger partial charge in [-0.05, 0) is 39.2 Å². The van der Waals surface area contributed by atoms with E-state index in [0.717, 1.165) is 24.2 Å². The first-order chi connectivity index (χ1) is 9.15. The third-order valence-corrected chi connectivity index (χ3v) is 3.18. The molecule has 0 radical (unpaired) electrons. The molecule has 2 aromatic rings. The standard InChI is InChI=1S/C15H20N4/c1-11(9-10-14-7-5-4-6-8-14)16-15-17-12(2)13(3)18-19-15/h4-8,11H,9-10H2,1-3H3,(H,16,17,19). The molecule has 0 fully saturated rings. The van der Waals surface area contributed by atoms with E-state index in [1.807, 2.05) is 19.9 Å². The van der Waals surface area contributed by atoms with Crippen LogP contribution in [-0.4, -0.2) is 21.2 Å². The maximum absolute atomic E-state index is 4.38. The SMILES string of the molecule is Cc1nnc(NC(C)CCc2ccccc2)nc1C. The number of nitrogens with one attached hydrogen (secondary N) is 1. The van der Waals surface area contributed by atoms with Gasteiger partial charge in [-0.15, -0.1) is 5.10 Å². The van der Waals surface area contributed by atoms with Crippen molar-refractivity contribution in [2.24, 2.45) is 0 Å². The molecule has 19 heavy (non-hydrogen) atoms. The number of benzene rings is 1. The predicted molar refractivity (Wildman–Crippen MR) is 77.1 cm³/mol. The van der Waals surface area contributed by atoms with Crippen molar-refractivity contribution in [1.29, 1.82) is 0 Å². The molecule has 1 N–H and O–H groups in total. The second-order valence-electron chi connectivity index (χ2n) is 4.88. The van der Waals surface area contributed by atoms with Gasteiger partial charge < -0.3 is 5.32 Å². The first kappa shape index (κ1) is 13.5. The predicted octanol–water partition coefficient (Wildman–Crippen LogP) is 2.92. The van der Waals surface area contributed by atoms with Crippen LogP contribution < -0.4 is 5.32 Å². The van der Waals surface area contributed by atoms with Crippen LogP contribution in [0.25, 0.3) is 0 Å². The number of rotatable bonds is 5. The van der Waals surface area contributed by atoms with Crippen molar-refractivity contribution in [3.05, 3.63) is 47.3 Å². The van der Waals surface area contributed by atoms with Crippen molar-refractivity contribution in [3.8, 4) is 0 Å². The van der Waals surface area contributed by atoms with Crippen LogP contribution in [-0.2, 0) is 6.42 Å². The van der Waals surface area contributed by atoms with E-state index in [-0.39, 0.29) is 0 Å². The van der Waals surface area contributed by atoms with Gasteiger partial charge in [-0.25, -0.2) is 4.98 Å². The first-order valence-corrected chi connectivity index (χ1v) is 6.63.